The Morgan fingerprint density at radius 3 is 2.55 bits per heavy atom. The van der Waals surface area contributed by atoms with Crippen LogP contribution in [0.15, 0.2) is 43.0 Å². The number of para-hydroxylation sites is 1. The monoisotopic (exact) mass is 300 g/mol. The maximum atomic E-state index is 12.4. The van der Waals surface area contributed by atoms with E-state index in [1.807, 2.05) is 35.2 Å². The Hall–Kier alpha value is -2.30. The molecule has 2 aliphatic rings. The zero-order valence-electron chi connectivity index (χ0n) is 12.5. The van der Waals surface area contributed by atoms with E-state index in [9.17, 15) is 9.59 Å². The first-order valence-corrected chi connectivity index (χ1v) is 7.59. The van der Waals surface area contributed by atoms with Gasteiger partial charge in [0.2, 0.25) is 11.8 Å². The first kappa shape index (κ1) is 14.6. The summed E-state index contributed by atoms with van der Waals surface area (Å²) < 4.78 is 5.89. The maximum Gasteiger partial charge on any atom is 0.246 e. The smallest absolute Gasteiger partial charge is 0.246 e. The third kappa shape index (κ3) is 2.98. The molecule has 2 heterocycles. The highest BCUT2D eigenvalue weighted by Gasteiger charge is 2.39. The Morgan fingerprint density at radius 1 is 1.14 bits per heavy atom. The number of nitrogens with zero attached hydrogens (tertiary/aromatic N) is 2. The molecule has 0 bridgehead atoms. The van der Waals surface area contributed by atoms with E-state index in [0.29, 0.717) is 19.6 Å². The summed E-state index contributed by atoms with van der Waals surface area (Å²) in [5.74, 6) is 0.801. The predicted octanol–water partition coefficient (Wildman–Crippen LogP) is 1.31. The van der Waals surface area contributed by atoms with Crippen molar-refractivity contribution in [2.45, 2.75) is 12.5 Å². The maximum absolute atomic E-state index is 12.4. The molecule has 1 aromatic carbocycles. The zero-order chi connectivity index (χ0) is 15.5. The van der Waals surface area contributed by atoms with Crippen molar-refractivity contribution in [3.63, 3.8) is 0 Å². The zero-order valence-corrected chi connectivity index (χ0v) is 12.5. The first-order chi connectivity index (χ1) is 10.7. The van der Waals surface area contributed by atoms with Gasteiger partial charge in [0.05, 0.1) is 12.5 Å². The third-order valence-electron chi connectivity index (χ3n) is 4.22. The van der Waals surface area contributed by atoms with Crippen molar-refractivity contribution in [2.75, 3.05) is 26.2 Å². The Balaban J connectivity index is 1.48. The second kappa shape index (κ2) is 6.22. The standard InChI is InChI=1S/C17H20N2O3/c1-2-16(20)19-10-13(11-19)17(21)18-9-8-15(12-18)22-14-6-4-3-5-7-14/h2-7,13,15H,1,8-12H2/t15-/m1/s1. The number of amides is 2. The Morgan fingerprint density at radius 2 is 1.86 bits per heavy atom. The minimum atomic E-state index is -0.101. The van der Waals surface area contributed by atoms with Gasteiger partial charge in [-0.25, -0.2) is 0 Å². The van der Waals surface area contributed by atoms with Crippen molar-refractivity contribution in [1.82, 2.24) is 9.80 Å². The summed E-state index contributed by atoms with van der Waals surface area (Å²) in [6.07, 6.45) is 2.19. The minimum Gasteiger partial charge on any atom is -0.489 e. The Labute approximate surface area is 130 Å². The van der Waals surface area contributed by atoms with Crippen LogP contribution in [0.1, 0.15) is 6.42 Å². The molecular formula is C17H20N2O3. The number of hydrogen-bond donors (Lipinski definition) is 0. The molecule has 116 valence electrons. The average molecular weight is 300 g/mol. The van der Waals surface area contributed by atoms with Gasteiger partial charge >= 0.3 is 0 Å². The molecule has 1 atom stereocenters. The SMILES string of the molecule is C=CC(=O)N1CC(C(=O)N2CC[C@@H](Oc3ccccc3)C2)C1. The van der Waals surface area contributed by atoms with Gasteiger partial charge in [-0.05, 0) is 18.2 Å². The molecule has 2 saturated heterocycles. The van der Waals surface area contributed by atoms with Gasteiger partial charge in [-0.1, -0.05) is 24.8 Å². The Kier molecular flexibility index (Phi) is 4.13. The molecule has 0 aromatic heterocycles. The van der Waals surface area contributed by atoms with Crippen molar-refractivity contribution in [3.8, 4) is 5.75 Å². The number of likely N-dealkylation sites (tertiary alicyclic amines) is 2. The fourth-order valence-corrected chi connectivity index (χ4v) is 2.92. The Bertz CT molecular complexity index is 567. The fourth-order valence-electron chi connectivity index (χ4n) is 2.92. The largest absolute Gasteiger partial charge is 0.489 e. The van der Waals surface area contributed by atoms with Crippen molar-refractivity contribution in [1.29, 1.82) is 0 Å². The molecule has 22 heavy (non-hydrogen) atoms. The van der Waals surface area contributed by atoms with Crippen molar-refractivity contribution < 1.29 is 14.3 Å². The van der Waals surface area contributed by atoms with Crippen LogP contribution in [0.25, 0.3) is 0 Å². The van der Waals surface area contributed by atoms with Crippen molar-refractivity contribution >= 4 is 11.8 Å². The average Bonchev–Trinajstić information content (AvgIpc) is 2.95. The van der Waals surface area contributed by atoms with Crippen LogP contribution in [0.2, 0.25) is 0 Å². The van der Waals surface area contributed by atoms with Crippen LogP contribution in [-0.4, -0.2) is 53.9 Å². The van der Waals surface area contributed by atoms with E-state index in [0.717, 1.165) is 18.7 Å². The fraction of sp³-hybridized carbons (Fsp3) is 0.412. The van der Waals surface area contributed by atoms with E-state index < -0.39 is 0 Å². The van der Waals surface area contributed by atoms with Gasteiger partial charge < -0.3 is 14.5 Å². The summed E-state index contributed by atoms with van der Waals surface area (Å²) in [7, 11) is 0. The lowest BCUT2D eigenvalue weighted by Crippen LogP contribution is -2.55. The summed E-state index contributed by atoms with van der Waals surface area (Å²) in [4.78, 5) is 27.3. The highest BCUT2D eigenvalue weighted by atomic mass is 16.5. The summed E-state index contributed by atoms with van der Waals surface area (Å²) in [5, 5.41) is 0. The molecule has 5 nitrogen and oxygen atoms in total. The third-order valence-corrected chi connectivity index (χ3v) is 4.22. The van der Waals surface area contributed by atoms with Gasteiger partial charge in [0.25, 0.3) is 0 Å². The molecule has 5 heteroatoms. The number of benzene rings is 1. The minimum absolute atomic E-state index is 0.0531. The second-order valence-corrected chi connectivity index (χ2v) is 5.77. The van der Waals surface area contributed by atoms with Crippen LogP contribution in [0.5, 0.6) is 5.75 Å². The van der Waals surface area contributed by atoms with Crippen LogP contribution in [0.4, 0.5) is 0 Å². The highest BCUT2D eigenvalue weighted by Crippen LogP contribution is 2.23. The van der Waals surface area contributed by atoms with Crippen molar-refractivity contribution in [2.24, 2.45) is 5.92 Å². The molecule has 0 spiro atoms. The molecule has 0 aliphatic carbocycles. The molecule has 1 aromatic rings. The quantitative estimate of drug-likeness (QED) is 0.788. The van der Waals surface area contributed by atoms with Crippen LogP contribution in [0, 0.1) is 5.92 Å². The summed E-state index contributed by atoms with van der Waals surface area (Å²) >= 11 is 0. The topological polar surface area (TPSA) is 49.9 Å². The molecular weight excluding hydrogens is 280 g/mol. The molecule has 0 N–H and O–H groups in total. The summed E-state index contributed by atoms with van der Waals surface area (Å²) in [6, 6.07) is 9.67. The van der Waals surface area contributed by atoms with Gasteiger partial charge in [0, 0.05) is 26.1 Å². The highest BCUT2D eigenvalue weighted by molar-refractivity contribution is 5.90. The number of ether oxygens (including phenoxy) is 1. The molecule has 2 amide bonds. The van der Waals surface area contributed by atoms with E-state index in [2.05, 4.69) is 6.58 Å². The summed E-state index contributed by atoms with van der Waals surface area (Å²) in [5.41, 5.74) is 0. The van der Waals surface area contributed by atoms with Crippen LogP contribution >= 0.6 is 0 Å². The van der Waals surface area contributed by atoms with Gasteiger partial charge in [0.15, 0.2) is 0 Å². The molecule has 2 fully saturated rings. The lowest BCUT2D eigenvalue weighted by Gasteiger charge is -2.39. The lowest BCUT2D eigenvalue weighted by molar-refractivity contribution is -0.145. The van der Waals surface area contributed by atoms with Gasteiger partial charge in [-0.3, -0.25) is 9.59 Å². The van der Waals surface area contributed by atoms with Crippen LogP contribution in [-0.2, 0) is 9.59 Å². The molecule has 3 rings (SSSR count). The summed E-state index contributed by atoms with van der Waals surface area (Å²) in [6.45, 7) is 5.82. The molecule has 0 saturated carbocycles. The molecule has 0 unspecified atom stereocenters. The van der Waals surface area contributed by atoms with E-state index in [1.54, 1.807) is 4.90 Å². The van der Waals surface area contributed by atoms with Gasteiger partial charge in [-0.15, -0.1) is 0 Å². The number of carbonyl (C=O) groups is 2. The first-order valence-electron chi connectivity index (χ1n) is 7.59. The van der Waals surface area contributed by atoms with E-state index in [1.165, 1.54) is 6.08 Å². The van der Waals surface area contributed by atoms with E-state index >= 15 is 0 Å². The number of rotatable bonds is 4. The van der Waals surface area contributed by atoms with Gasteiger partial charge in [0.1, 0.15) is 11.9 Å². The number of carbonyl (C=O) groups excluding carboxylic acids is 2. The normalized spacial score (nSPS) is 21.4. The van der Waals surface area contributed by atoms with E-state index in [4.69, 9.17) is 4.74 Å². The van der Waals surface area contributed by atoms with Crippen LogP contribution < -0.4 is 4.74 Å². The second-order valence-electron chi connectivity index (χ2n) is 5.77. The van der Waals surface area contributed by atoms with Gasteiger partial charge in [-0.2, -0.15) is 0 Å². The predicted molar refractivity (Wildman–Crippen MR) is 82.3 cm³/mol. The molecule has 2 aliphatic heterocycles. The van der Waals surface area contributed by atoms with Crippen LogP contribution in [0.3, 0.4) is 0 Å². The van der Waals surface area contributed by atoms with Crippen molar-refractivity contribution in [3.05, 3.63) is 43.0 Å². The lowest BCUT2D eigenvalue weighted by atomic mass is 9.98. The number of hydrogen-bond acceptors (Lipinski definition) is 3. The van der Waals surface area contributed by atoms with E-state index in [-0.39, 0.29) is 23.8 Å². The molecule has 0 radical (unpaired) electrons.